The zero-order valence-corrected chi connectivity index (χ0v) is 26.7. The van der Waals surface area contributed by atoms with Gasteiger partial charge >= 0.3 is 0 Å². The maximum absolute atomic E-state index is 2.62. The van der Waals surface area contributed by atoms with Crippen molar-refractivity contribution in [2.75, 3.05) is 0 Å². The molecule has 0 amide bonds. The van der Waals surface area contributed by atoms with Gasteiger partial charge in [0.15, 0.2) is 0 Å². The molecule has 11 rings (SSSR count). The van der Waals surface area contributed by atoms with Gasteiger partial charge in [-0.2, -0.15) is 0 Å². The molecule has 0 nitrogen and oxygen atoms in total. The number of allylic oxidation sites excluding steroid dienone is 12. The van der Waals surface area contributed by atoms with Gasteiger partial charge in [0, 0.05) is 17.8 Å². The van der Waals surface area contributed by atoms with Crippen molar-refractivity contribution < 1.29 is 0 Å². The first-order valence-electron chi connectivity index (χ1n) is 17.5. The molecule has 0 saturated heterocycles. The molecule has 3 unspecified atom stereocenters. The molecule has 0 bridgehead atoms. The van der Waals surface area contributed by atoms with Crippen LogP contribution >= 0.6 is 0 Å². The van der Waals surface area contributed by atoms with E-state index in [1.165, 1.54) is 61.2 Å². The molecule has 3 atom stereocenters. The number of hydrogen-bond donors (Lipinski definition) is 0. The van der Waals surface area contributed by atoms with Crippen LogP contribution in [0, 0.1) is 17.8 Å². The second-order valence-corrected chi connectivity index (χ2v) is 14.3. The van der Waals surface area contributed by atoms with Crippen molar-refractivity contribution in [2.45, 2.75) is 17.3 Å². The Labute approximate surface area is 282 Å². The van der Waals surface area contributed by atoms with Crippen molar-refractivity contribution in [1.82, 2.24) is 0 Å². The molecule has 5 aromatic rings. The summed E-state index contributed by atoms with van der Waals surface area (Å²) in [4.78, 5) is 0. The SMILES string of the molecule is C1=CC2C=CC3=C4C5=C6c7c(cccc7C(c7ccccc7)(c7ccccc7)C6C3)C(c3ccccc3)(c3ccccc3)C5=CC(=C1)C42. The van der Waals surface area contributed by atoms with E-state index in [0.717, 1.165) is 6.42 Å². The zero-order valence-electron chi connectivity index (χ0n) is 26.7. The molecular formula is C48H34. The van der Waals surface area contributed by atoms with Crippen LogP contribution in [0.1, 0.15) is 45.4 Å². The fraction of sp³-hybridized carbons (Fsp3) is 0.125. The van der Waals surface area contributed by atoms with Crippen LogP contribution in [0.5, 0.6) is 0 Å². The lowest BCUT2D eigenvalue weighted by atomic mass is 9.50. The molecule has 48 heavy (non-hydrogen) atoms. The first kappa shape index (κ1) is 26.6. The van der Waals surface area contributed by atoms with Crippen LogP contribution < -0.4 is 0 Å². The van der Waals surface area contributed by atoms with E-state index in [0.29, 0.717) is 11.8 Å². The Hall–Kier alpha value is -5.46. The molecule has 0 heterocycles. The Morgan fingerprint density at radius 1 is 0.542 bits per heavy atom. The highest BCUT2D eigenvalue weighted by Gasteiger charge is 2.61. The fourth-order valence-corrected chi connectivity index (χ4v) is 10.8. The van der Waals surface area contributed by atoms with Crippen molar-refractivity contribution in [1.29, 1.82) is 0 Å². The maximum atomic E-state index is 2.62. The Morgan fingerprint density at radius 2 is 1.12 bits per heavy atom. The van der Waals surface area contributed by atoms with E-state index in [1.807, 2.05) is 0 Å². The molecule has 0 aliphatic heterocycles. The van der Waals surface area contributed by atoms with Gasteiger partial charge in [-0.05, 0) is 78.8 Å². The summed E-state index contributed by atoms with van der Waals surface area (Å²) in [6, 6.07) is 52.8. The second-order valence-electron chi connectivity index (χ2n) is 14.3. The van der Waals surface area contributed by atoms with E-state index in [9.17, 15) is 0 Å². The third-order valence-electron chi connectivity index (χ3n) is 12.4. The highest BCUT2D eigenvalue weighted by Crippen LogP contribution is 2.71. The van der Waals surface area contributed by atoms with E-state index in [1.54, 1.807) is 11.1 Å². The van der Waals surface area contributed by atoms with Gasteiger partial charge in [0.1, 0.15) is 0 Å². The number of benzene rings is 5. The van der Waals surface area contributed by atoms with E-state index in [-0.39, 0.29) is 11.3 Å². The Kier molecular flexibility index (Phi) is 5.29. The standard InChI is InChI=1S/C48H34/c1-5-17-34(18-6-1)47(35-19-7-2-8-20-35)38-25-14-26-39-44(38)46-41(48(39,36-21-9-3-10-22-36)37-23-11-4-12-24-37)30-33-28-27-31-15-13-16-32-29-40(47)45(46)43(33)42(31)32/h1-29,31,41-42H,30H2. The molecule has 6 aliphatic rings. The lowest BCUT2D eigenvalue weighted by molar-refractivity contribution is 0.463. The average Bonchev–Trinajstić information content (AvgIpc) is 3.47. The number of rotatable bonds is 4. The summed E-state index contributed by atoms with van der Waals surface area (Å²) in [6.45, 7) is 0. The molecule has 0 aromatic heterocycles. The van der Waals surface area contributed by atoms with Crippen molar-refractivity contribution in [3.8, 4) is 0 Å². The third-order valence-corrected chi connectivity index (χ3v) is 12.4. The largest absolute Gasteiger partial charge is 0.0767 e. The molecular weight excluding hydrogens is 577 g/mol. The van der Waals surface area contributed by atoms with E-state index in [2.05, 4.69) is 176 Å². The van der Waals surface area contributed by atoms with Crippen LogP contribution in [0.15, 0.2) is 204 Å². The molecule has 0 radical (unpaired) electrons. The van der Waals surface area contributed by atoms with Crippen molar-refractivity contribution in [2.24, 2.45) is 17.8 Å². The minimum atomic E-state index is -0.472. The van der Waals surface area contributed by atoms with Gasteiger partial charge in [-0.15, -0.1) is 0 Å². The third kappa shape index (κ3) is 3.08. The summed E-state index contributed by atoms with van der Waals surface area (Å²) >= 11 is 0. The molecule has 0 heteroatoms. The minimum Gasteiger partial charge on any atom is -0.0767 e. The maximum Gasteiger partial charge on any atom is 0.0713 e. The van der Waals surface area contributed by atoms with E-state index < -0.39 is 5.41 Å². The molecule has 6 aliphatic carbocycles. The van der Waals surface area contributed by atoms with Gasteiger partial charge in [0.05, 0.1) is 10.8 Å². The average molecular weight is 611 g/mol. The van der Waals surface area contributed by atoms with Crippen LogP contribution in [0.4, 0.5) is 0 Å². The first-order valence-corrected chi connectivity index (χ1v) is 17.5. The normalized spacial score (nSPS) is 24.2. The number of hydrogen-bond acceptors (Lipinski definition) is 0. The summed E-state index contributed by atoms with van der Waals surface area (Å²) in [6.07, 6.45) is 15.7. The van der Waals surface area contributed by atoms with Crippen molar-refractivity contribution in [3.63, 3.8) is 0 Å². The van der Waals surface area contributed by atoms with Crippen LogP contribution in [-0.2, 0) is 10.8 Å². The van der Waals surface area contributed by atoms with Gasteiger partial charge in [-0.25, -0.2) is 0 Å². The summed E-state index contributed by atoms with van der Waals surface area (Å²) < 4.78 is 0. The summed E-state index contributed by atoms with van der Waals surface area (Å²) in [5, 5.41) is 0. The van der Waals surface area contributed by atoms with Crippen LogP contribution in [0.25, 0.3) is 5.57 Å². The second kappa shape index (κ2) is 9.55. The minimum absolute atomic E-state index is 0.269. The zero-order chi connectivity index (χ0) is 31.5. The monoisotopic (exact) mass is 610 g/mol. The van der Waals surface area contributed by atoms with Gasteiger partial charge in [-0.1, -0.05) is 176 Å². The van der Waals surface area contributed by atoms with Gasteiger partial charge < -0.3 is 0 Å². The van der Waals surface area contributed by atoms with Gasteiger partial charge in [0.2, 0.25) is 0 Å². The predicted molar refractivity (Wildman–Crippen MR) is 195 cm³/mol. The summed E-state index contributed by atoms with van der Waals surface area (Å²) in [5.74, 6) is 1.02. The Balaban J connectivity index is 1.38. The molecule has 5 aromatic carbocycles. The lowest BCUT2D eigenvalue weighted by Crippen LogP contribution is -2.42. The van der Waals surface area contributed by atoms with Gasteiger partial charge in [0.25, 0.3) is 0 Å². The fourth-order valence-electron chi connectivity index (χ4n) is 10.8. The van der Waals surface area contributed by atoms with Crippen LogP contribution in [0.2, 0.25) is 0 Å². The first-order chi connectivity index (χ1) is 23.8. The Morgan fingerprint density at radius 3 is 1.75 bits per heavy atom. The van der Waals surface area contributed by atoms with E-state index in [4.69, 9.17) is 0 Å². The quantitative estimate of drug-likeness (QED) is 0.190. The summed E-state index contributed by atoms with van der Waals surface area (Å²) in [5.41, 5.74) is 18.1. The van der Waals surface area contributed by atoms with Crippen molar-refractivity contribution in [3.05, 3.63) is 243 Å². The highest BCUT2D eigenvalue weighted by molar-refractivity contribution is 5.98. The van der Waals surface area contributed by atoms with Crippen LogP contribution in [0.3, 0.4) is 0 Å². The van der Waals surface area contributed by atoms with Gasteiger partial charge in [-0.3, -0.25) is 0 Å². The van der Waals surface area contributed by atoms with Crippen molar-refractivity contribution >= 4 is 5.57 Å². The lowest BCUT2D eigenvalue weighted by Gasteiger charge is -2.52. The highest BCUT2D eigenvalue weighted by atomic mass is 14.6. The predicted octanol–water partition coefficient (Wildman–Crippen LogP) is 10.7. The molecule has 0 N–H and O–H groups in total. The van der Waals surface area contributed by atoms with E-state index >= 15 is 0 Å². The summed E-state index contributed by atoms with van der Waals surface area (Å²) in [7, 11) is 0. The van der Waals surface area contributed by atoms with Crippen LogP contribution in [-0.4, -0.2) is 0 Å². The molecule has 0 saturated carbocycles. The molecule has 226 valence electrons. The molecule has 0 spiro atoms. The topological polar surface area (TPSA) is 0 Å². The smallest absolute Gasteiger partial charge is 0.0713 e. The Bertz CT molecular complexity index is 2260. The molecule has 0 fully saturated rings.